The zero-order valence-corrected chi connectivity index (χ0v) is 14.1. The minimum absolute atomic E-state index is 0.329. The number of nitrogens with one attached hydrogen (secondary N) is 1. The van der Waals surface area contributed by atoms with Gasteiger partial charge in [-0.1, -0.05) is 12.1 Å². The highest BCUT2D eigenvalue weighted by Gasteiger charge is 2.43. The molecule has 5 nitrogen and oxygen atoms in total. The third-order valence-electron chi connectivity index (χ3n) is 3.83. The van der Waals surface area contributed by atoms with Gasteiger partial charge >= 0.3 is 6.18 Å². The number of hydrogen-bond donors (Lipinski definition) is 1. The molecule has 0 bridgehead atoms. The fourth-order valence-corrected chi connectivity index (χ4v) is 3.72. The Bertz CT molecular complexity index is 1040. The molecule has 1 N–H and O–H groups in total. The van der Waals surface area contributed by atoms with Gasteiger partial charge in [-0.05, 0) is 35.9 Å². The first-order valence-electron chi connectivity index (χ1n) is 7.34. The molecule has 3 aromatic rings. The van der Waals surface area contributed by atoms with Crippen LogP contribution in [0.25, 0.3) is 10.9 Å². The second kappa shape index (κ2) is 6.36. The number of hydrogen-bond acceptors (Lipinski definition) is 3. The van der Waals surface area contributed by atoms with Crippen molar-refractivity contribution in [2.45, 2.75) is 17.1 Å². The Morgan fingerprint density at radius 2 is 1.77 bits per heavy atom. The zero-order valence-electron chi connectivity index (χ0n) is 13.3. The first-order valence-corrected chi connectivity index (χ1v) is 8.82. The van der Waals surface area contributed by atoms with E-state index in [1.807, 2.05) is 0 Å². The van der Waals surface area contributed by atoms with E-state index < -0.39 is 33.6 Å². The average molecular weight is 387 g/mol. The van der Waals surface area contributed by atoms with E-state index in [-0.39, 0.29) is 4.90 Å². The molecule has 10 heteroatoms. The summed E-state index contributed by atoms with van der Waals surface area (Å²) in [6.45, 7) is 0. The molecule has 3 rings (SSSR count). The van der Waals surface area contributed by atoms with Crippen LogP contribution in [0, 0.1) is 5.82 Å². The highest BCUT2D eigenvalue weighted by atomic mass is 32.2. The van der Waals surface area contributed by atoms with Gasteiger partial charge in [0.15, 0.2) is 0 Å². The Labute approximate surface area is 146 Å². The first kappa shape index (κ1) is 18.3. The fraction of sp³-hybridized carbons (Fsp3) is 0.188. The molecule has 26 heavy (non-hydrogen) atoms. The molecular weight excluding hydrogens is 374 g/mol. The molecule has 0 aliphatic heterocycles. The second-order valence-corrected chi connectivity index (χ2v) is 7.35. The van der Waals surface area contributed by atoms with Crippen LogP contribution in [0.2, 0.25) is 0 Å². The normalized spacial score (nSPS) is 13.9. The predicted molar refractivity (Wildman–Crippen MR) is 86.2 cm³/mol. The number of aryl methyl sites for hydroxylation is 1. The molecule has 0 aliphatic rings. The van der Waals surface area contributed by atoms with Crippen molar-refractivity contribution in [3.63, 3.8) is 0 Å². The average Bonchev–Trinajstić information content (AvgIpc) is 2.93. The van der Waals surface area contributed by atoms with E-state index in [9.17, 15) is 26.0 Å². The van der Waals surface area contributed by atoms with Crippen molar-refractivity contribution >= 4 is 20.9 Å². The van der Waals surface area contributed by atoms with Gasteiger partial charge in [-0.25, -0.2) is 12.8 Å². The summed E-state index contributed by atoms with van der Waals surface area (Å²) in [6.07, 6.45) is -3.39. The van der Waals surface area contributed by atoms with Gasteiger partial charge in [0.25, 0.3) is 0 Å². The van der Waals surface area contributed by atoms with E-state index in [4.69, 9.17) is 0 Å². The summed E-state index contributed by atoms with van der Waals surface area (Å²) in [5, 5.41) is 4.61. The minimum atomic E-state index is -4.90. The molecular formula is C16H13F4N3O2S. The first-order chi connectivity index (χ1) is 12.1. The van der Waals surface area contributed by atoms with E-state index in [1.54, 1.807) is 11.8 Å². The van der Waals surface area contributed by atoms with Crippen molar-refractivity contribution in [3.05, 3.63) is 60.0 Å². The van der Waals surface area contributed by atoms with Gasteiger partial charge in [0.2, 0.25) is 10.0 Å². The molecule has 1 unspecified atom stereocenters. The second-order valence-electron chi connectivity index (χ2n) is 5.64. The van der Waals surface area contributed by atoms with Gasteiger partial charge in [-0.15, -0.1) is 0 Å². The number of rotatable bonds is 4. The molecule has 2 aromatic carbocycles. The summed E-state index contributed by atoms with van der Waals surface area (Å²) < 4.78 is 81.2. The van der Waals surface area contributed by atoms with Gasteiger partial charge in [0, 0.05) is 12.4 Å². The van der Waals surface area contributed by atoms with Crippen molar-refractivity contribution in [2.75, 3.05) is 0 Å². The molecule has 0 fully saturated rings. The summed E-state index contributed by atoms with van der Waals surface area (Å²) >= 11 is 0. The van der Waals surface area contributed by atoms with Crippen LogP contribution < -0.4 is 4.72 Å². The lowest BCUT2D eigenvalue weighted by molar-refractivity contribution is -0.153. The highest BCUT2D eigenvalue weighted by molar-refractivity contribution is 7.89. The van der Waals surface area contributed by atoms with Crippen LogP contribution in [0.3, 0.4) is 0 Å². The van der Waals surface area contributed by atoms with Crippen molar-refractivity contribution in [3.8, 4) is 0 Å². The topological polar surface area (TPSA) is 64.0 Å². The van der Waals surface area contributed by atoms with Crippen molar-refractivity contribution < 1.29 is 26.0 Å². The molecule has 0 spiro atoms. The number of benzene rings is 2. The van der Waals surface area contributed by atoms with Gasteiger partial charge < -0.3 is 0 Å². The fourth-order valence-electron chi connectivity index (χ4n) is 2.49. The Kier molecular flexibility index (Phi) is 4.49. The number of nitrogens with zero attached hydrogens (tertiary/aromatic N) is 2. The smallest absolute Gasteiger partial charge is 0.268 e. The molecule has 1 aromatic heterocycles. The molecule has 0 radical (unpaired) electrons. The quantitative estimate of drug-likeness (QED) is 0.699. The maximum absolute atomic E-state index is 13.4. The molecule has 0 amide bonds. The summed E-state index contributed by atoms with van der Waals surface area (Å²) in [5.74, 6) is -0.723. The van der Waals surface area contributed by atoms with Crippen LogP contribution in [0.5, 0.6) is 0 Å². The van der Waals surface area contributed by atoms with Crippen molar-refractivity contribution in [1.82, 2.24) is 14.5 Å². The highest BCUT2D eigenvalue weighted by Crippen LogP contribution is 2.34. The summed E-state index contributed by atoms with van der Waals surface area (Å²) in [6, 6.07) is 4.84. The largest absolute Gasteiger partial charge is 0.408 e. The van der Waals surface area contributed by atoms with Crippen LogP contribution in [-0.4, -0.2) is 24.4 Å². The predicted octanol–water partition coefficient (Wildman–Crippen LogP) is 3.29. The Balaban J connectivity index is 2.00. The lowest BCUT2D eigenvalue weighted by Crippen LogP contribution is -2.38. The number of aromatic nitrogens is 2. The third-order valence-corrected chi connectivity index (χ3v) is 5.26. The monoisotopic (exact) mass is 387 g/mol. The molecule has 1 atom stereocenters. The summed E-state index contributed by atoms with van der Waals surface area (Å²) in [7, 11) is -2.91. The van der Waals surface area contributed by atoms with Crippen LogP contribution in [-0.2, 0) is 17.1 Å². The van der Waals surface area contributed by atoms with E-state index in [0.29, 0.717) is 10.9 Å². The third kappa shape index (κ3) is 3.56. The van der Waals surface area contributed by atoms with Gasteiger partial charge in [-0.3, -0.25) is 4.68 Å². The summed E-state index contributed by atoms with van der Waals surface area (Å²) in [5.41, 5.74) is 0.0438. The number of sulfonamides is 1. The van der Waals surface area contributed by atoms with Crippen LogP contribution in [0.15, 0.2) is 53.6 Å². The molecule has 0 saturated heterocycles. The SMILES string of the molecule is Cn1ncc2ccc(S(=O)(=O)NC(c3ccc(F)cc3)C(F)(F)F)cc21. The maximum Gasteiger partial charge on any atom is 0.408 e. The standard InChI is InChI=1S/C16H13F4N3O2S/c1-23-14-8-13(7-4-11(14)9-21-23)26(24,25)22-15(16(18,19)20)10-2-5-12(17)6-3-10/h2-9,15,22H,1H3. The summed E-state index contributed by atoms with van der Waals surface area (Å²) in [4.78, 5) is -0.329. The van der Waals surface area contributed by atoms with E-state index >= 15 is 0 Å². The van der Waals surface area contributed by atoms with E-state index in [0.717, 1.165) is 24.3 Å². The molecule has 138 valence electrons. The lowest BCUT2D eigenvalue weighted by atomic mass is 10.1. The van der Waals surface area contributed by atoms with Crippen molar-refractivity contribution in [2.24, 2.45) is 7.05 Å². The Hall–Kier alpha value is -2.46. The van der Waals surface area contributed by atoms with E-state index in [2.05, 4.69) is 5.10 Å². The number of alkyl halides is 3. The minimum Gasteiger partial charge on any atom is -0.268 e. The Morgan fingerprint density at radius 3 is 2.38 bits per heavy atom. The number of fused-ring (bicyclic) bond motifs is 1. The zero-order chi connectivity index (χ0) is 19.1. The van der Waals surface area contributed by atoms with Gasteiger partial charge in [0.05, 0.1) is 16.6 Å². The van der Waals surface area contributed by atoms with Gasteiger partial charge in [-0.2, -0.15) is 23.0 Å². The van der Waals surface area contributed by atoms with Crippen LogP contribution >= 0.6 is 0 Å². The van der Waals surface area contributed by atoms with E-state index in [1.165, 1.54) is 29.1 Å². The molecule has 0 aliphatic carbocycles. The van der Waals surface area contributed by atoms with Crippen molar-refractivity contribution in [1.29, 1.82) is 0 Å². The lowest BCUT2D eigenvalue weighted by Gasteiger charge is -2.22. The van der Waals surface area contributed by atoms with Crippen LogP contribution in [0.4, 0.5) is 17.6 Å². The Morgan fingerprint density at radius 1 is 1.12 bits per heavy atom. The van der Waals surface area contributed by atoms with Gasteiger partial charge in [0.1, 0.15) is 11.9 Å². The molecule has 0 saturated carbocycles. The molecule has 1 heterocycles. The maximum atomic E-state index is 13.4. The number of halogens is 4. The van der Waals surface area contributed by atoms with Crippen LogP contribution in [0.1, 0.15) is 11.6 Å².